The molecule has 1 atom stereocenters. The van der Waals surface area contributed by atoms with Crippen molar-refractivity contribution >= 4 is 57.7 Å². The third kappa shape index (κ3) is 9.05. The standard InChI is InChI=1S/C50H63N11O5/c1-32-41-29-52-50(55-46(41)61(37-5-3-4-6-37)49(66)45(32)33(2)62)53-43-11-8-39(28-51-43)58-21-16-34(17-22-58)13-18-56-19-14-35(15-20-56)30-57-23-25-59(26-24-57)38-7-9-40-36(27-38)31-60(48(40)65)42-10-12-44(63)54-47(42)64/h7-9,11,27-29,34-35,37,42H,3-6,10,12-26,30-31H2,1-2H3,(H,54,63,64)(H,51,52,53,55). The van der Waals surface area contributed by atoms with E-state index in [9.17, 15) is 24.0 Å². The summed E-state index contributed by atoms with van der Waals surface area (Å²) in [5, 5.41) is 6.37. The number of imide groups is 1. The highest BCUT2D eigenvalue weighted by Crippen LogP contribution is 2.34. The second-order valence-electron chi connectivity index (χ2n) is 19.7. The first kappa shape index (κ1) is 44.1. The van der Waals surface area contributed by atoms with E-state index in [4.69, 9.17) is 9.97 Å². The molecule has 8 heterocycles. The van der Waals surface area contributed by atoms with Crippen LogP contribution in [0.25, 0.3) is 11.0 Å². The summed E-state index contributed by atoms with van der Waals surface area (Å²) in [5.74, 6) is 1.50. The number of carbonyl (C=O) groups is 4. The van der Waals surface area contributed by atoms with Crippen molar-refractivity contribution in [3.63, 3.8) is 0 Å². The van der Waals surface area contributed by atoms with E-state index in [1.165, 1.54) is 58.7 Å². The van der Waals surface area contributed by atoms with Gasteiger partial charge in [-0.05, 0) is 138 Å². The molecule has 5 aliphatic heterocycles. The first-order valence-corrected chi connectivity index (χ1v) is 24.4. The van der Waals surface area contributed by atoms with Gasteiger partial charge in [0.05, 0.1) is 17.4 Å². The molecule has 0 radical (unpaired) electrons. The van der Waals surface area contributed by atoms with Crippen LogP contribution in [0.5, 0.6) is 0 Å². The number of anilines is 4. The number of benzene rings is 1. The van der Waals surface area contributed by atoms with Crippen LogP contribution in [0.1, 0.15) is 115 Å². The molecule has 1 unspecified atom stereocenters. The van der Waals surface area contributed by atoms with Crippen molar-refractivity contribution < 1.29 is 19.2 Å². The van der Waals surface area contributed by atoms with Crippen molar-refractivity contribution in [2.75, 3.05) is 80.6 Å². The number of aryl methyl sites for hydroxylation is 1. The van der Waals surface area contributed by atoms with E-state index < -0.39 is 6.04 Å². The minimum atomic E-state index is -0.588. The zero-order valence-electron chi connectivity index (χ0n) is 38.5. The van der Waals surface area contributed by atoms with E-state index >= 15 is 0 Å². The lowest BCUT2D eigenvalue weighted by Gasteiger charge is -2.40. The summed E-state index contributed by atoms with van der Waals surface area (Å²) in [6.45, 7) is 14.4. The molecule has 4 saturated heterocycles. The van der Waals surface area contributed by atoms with Gasteiger partial charge in [0.25, 0.3) is 11.5 Å². The van der Waals surface area contributed by atoms with Gasteiger partial charge in [0.1, 0.15) is 17.5 Å². The number of hydrogen-bond acceptors (Lipinski definition) is 13. The maximum absolute atomic E-state index is 13.6. The lowest BCUT2D eigenvalue weighted by atomic mass is 9.91. The maximum Gasteiger partial charge on any atom is 0.263 e. The normalized spacial score (nSPS) is 21.8. The Hall–Kier alpha value is -5.74. The highest BCUT2D eigenvalue weighted by atomic mass is 16.2. The summed E-state index contributed by atoms with van der Waals surface area (Å²) in [4.78, 5) is 89.3. The number of fused-ring (bicyclic) bond motifs is 2. The lowest BCUT2D eigenvalue weighted by molar-refractivity contribution is -0.136. The monoisotopic (exact) mass is 898 g/mol. The van der Waals surface area contributed by atoms with Crippen molar-refractivity contribution in [2.24, 2.45) is 11.8 Å². The molecule has 16 nitrogen and oxygen atoms in total. The molecule has 5 fully saturated rings. The number of nitrogens with one attached hydrogen (secondary N) is 2. The first-order valence-electron chi connectivity index (χ1n) is 24.4. The van der Waals surface area contributed by atoms with Crippen LogP contribution in [0.2, 0.25) is 0 Å². The molecule has 3 aromatic heterocycles. The van der Waals surface area contributed by atoms with Crippen LogP contribution >= 0.6 is 0 Å². The maximum atomic E-state index is 13.6. The number of piperazine rings is 1. The average Bonchev–Trinajstić information content (AvgIpc) is 3.97. The van der Waals surface area contributed by atoms with Crippen molar-refractivity contribution in [2.45, 2.75) is 103 Å². The molecule has 1 saturated carbocycles. The molecule has 6 aliphatic rings. The van der Waals surface area contributed by atoms with Crippen LogP contribution in [0.4, 0.5) is 23.1 Å². The molecule has 4 aromatic rings. The van der Waals surface area contributed by atoms with Crippen molar-refractivity contribution in [1.82, 2.24) is 39.5 Å². The molecule has 348 valence electrons. The van der Waals surface area contributed by atoms with Gasteiger partial charge in [-0.1, -0.05) is 12.8 Å². The van der Waals surface area contributed by atoms with E-state index in [-0.39, 0.29) is 47.1 Å². The minimum absolute atomic E-state index is 0.0268. The van der Waals surface area contributed by atoms with Crippen LogP contribution in [0.3, 0.4) is 0 Å². The Bertz CT molecular complexity index is 2550. The average molecular weight is 898 g/mol. The van der Waals surface area contributed by atoms with Gasteiger partial charge < -0.3 is 24.9 Å². The van der Waals surface area contributed by atoms with Gasteiger partial charge in [-0.25, -0.2) is 9.97 Å². The summed E-state index contributed by atoms with van der Waals surface area (Å²) >= 11 is 0. The Morgan fingerprint density at radius 1 is 0.788 bits per heavy atom. The van der Waals surface area contributed by atoms with E-state index in [1.807, 2.05) is 31.3 Å². The second kappa shape index (κ2) is 18.9. The summed E-state index contributed by atoms with van der Waals surface area (Å²) in [6, 6.07) is 9.60. The van der Waals surface area contributed by atoms with E-state index in [0.29, 0.717) is 41.5 Å². The quantitative estimate of drug-likeness (QED) is 0.136. The van der Waals surface area contributed by atoms with Crippen molar-refractivity contribution in [3.05, 3.63) is 75.3 Å². The number of pyridine rings is 2. The fourth-order valence-corrected chi connectivity index (χ4v) is 11.6. The molecule has 16 heteroatoms. The highest BCUT2D eigenvalue weighted by molar-refractivity contribution is 6.05. The van der Waals surface area contributed by atoms with E-state index in [0.717, 1.165) is 106 Å². The number of hydrogen-bond donors (Lipinski definition) is 2. The van der Waals surface area contributed by atoms with Crippen LogP contribution in [0, 0.1) is 18.8 Å². The Balaban J connectivity index is 0.641. The molecular formula is C50H63N11O5. The lowest BCUT2D eigenvalue weighted by Crippen LogP contribution is -2.52. The van der Waals surface area contributed by atoms with Gasteiger partial charge in [-0.15, -0.1) is 0 Å². The van der Waals surface area contributed by atoms with Crippen LogP contribution in [-0.2, 0) is 16.1 Å². The largest absolute Gasteiger partial charge is 0.370 e. The Kier molecular flexibility index (Phi) is 12.6. The van der Waals surface area contributed by atoms with Crippen LogP contribution in [0.15, 0.2) is 47.5 Å². The summed E-state index contributed by atoms with van der Waals surface area (Å²) in [6.07, 6.45) is 14.3. The van der Waals surface area contributed by atoms with E-state index in [2.05, 4.69) is 47.3 Å². The Morgan fingerprint density at radius 2 is 1.52 bits per heavy atom. The Morgan fingerprint density at radius 3 is 2.23 bits per heavy atom. The highest BCUT2D eigenvalue weighted by Gasteiger charge is 2.39. The van der Waals surface area contributed by atoms with Crippen molar-refractivity contribution in [1.29, 1.82) is 0 Å². The number of piperidine rings is 3. The summed E-state index contributed by atoms with van der Waals surface area (Å²) in [7, 11) is 0. The molecule has 10 rings (SSSR count). The van der Waals surface area contributed by atoms with Gasteiger partial charge in [0, 0.05) is 87.7 Å². The molecule has 0 bridgehead atoms. The topological polar surface area (TPSA) is 169 Å². The number of ketones is 1. The molecule has 1 aromatic carbocycles. The molecular weight excluding hydrogens is 835 g/mol. The number of rotatable bonds is 12. The van der Waals surface area contributed by atoms with Crippen LogP contribution < -0.4 is 26.0 Å². The second-order valence-corrected chi connectivity index (χ2v) is 19.7. The zero-order valence-corrected chi connectivity index (χ0v) is 38.5. The number of nitrogens with zero attached hydrogens (tertiary/aromatic N) is 9. The molecule has 2 N–H and O–H groups in total. The molecule has 3 amide bonds. The van der Waals surface area contributed by atoms with Gasteiger partial charge in [-0.2, -0.15) is 4.98 Å². The van der Waals surface area contributed by atoms with Gasteiger partial charge in [-0.3, -0.25) is 38.8 Å². The van der Waals surface area contributed by atoms with Crippen molar-refractivity contribution in [3.8, 4) is 0 Å². The number of carbonyl (C=O) groups excluding carboxylic acids is 4. The molecule has 66 heavy (non-hydrogen) atoms. The first-order chi connectivity index (χ1) is 32.1. The molecule has 1 aliphatic carbocycles. The van der Waals surface area contributed by atoms with Gasteiger partial charge in [0.15, 0.2) is 5.78 Å². The SMILES string of the molecule is CC(=O)c1c(C)c2cnc(Nc3ccc(N4CCC(CCN5CCC(CN6CCN(c7ccc8c(c7)CN(C7CCC(=O)NC7=O)C8=O)CC6)CC5)CC4)cn3)nc2n(C2CCCC2)c1=O. The van der Waals surface area contributed by atoms with Crippen LogP contribution in [-0.4, -0.2) is 129 Å². The summed E-state index contributed by atoms with van der Waals surface area (Å²) in [5.41, 5.74) is 5.05. The number of Topliss-reactive ketones (excluding diaryl/α,β-unsaturated/α-hetero) is 1. The third-order valence-electron chi connectivity index (χ3n) is 15.5. The predicted octanol–water partition coefficient (Wildman–Crippen LogP) is 5.46. The number of amides is 3. The minimum Gasteiger partial charge on any atom is -0.370 e. The smallest absolute Gasteiger partial charge is 0.263 e. The third-order valence-corrected chi connectivity index (χ3v) is 15.5. The number of likely N-dealkylation sites (tertiary alicyclic amines) is 1. The van der Waals surface area contributed by atoms with Gasteiger partial charge >= 0.3 is 0 Å². The molecule has 0 spiro atoms. The number of aromatic nitrogens is 4. The zero-order chi connectivity index (χ0) is 45.5. The Labute approximate surface area is 386 Å². The fraction of sp³-hybridized carbons (Fsp3) is 0.560. The fourth-order valence-electron chi connectivity index (χ4n) is 11.6. The van der Waals surface area contributed by atoms with E-state index in [1.54, 1.807) is 15.7 Å². The predicted molar refractivity (Wildman–Crippen MR) is 253 cm³/mol. The summed E-state index contributed by atoms with van der Waals surface area (Å²) < 4.78 is 1.74. The van der Waals surface area contributed by atoms with Gasteiger partial charge in [0.2, 0.25) is 17.8 Å².